The van der Waals surface area contributed by atoms with Crippen LogP contribution in [0, 0.1) is 0 Å². The zero-order valence-electron chi connectivity index (χ0n) is 21.6. The maximum Gasteiger partial charge on any atom is 0.573 e. The van der Waals surface area contributed by atoms with Gasteiger partial charge < -0.3 is 29.3 Å². The molecule has 206 valence electrons. The molecule has 0 spiro atoms. The zero-order chi connectivity index (χ0) is 27.5. The molecule has 38 heavy (non-hydrogen) atoms. The Balaban J connectivity index is 1.52. The van der Waals surface area contributed by atoms with Gasteiger partial charge in [0.1, 0.15) is 25.0 Å². The van der Waals surface area contributed by atoms with E-state index >= 15 is 0 Å². The van der Waals surface area contributed by atoms with Gasteiger partial charge in [-0.3, -0.25) is 9.59 Å². The van der Waals surface area contributed by atoms with Gasteiger partial charge in [-0.15, -0.1) is 13.2 Å². The summed E-state index contributed by atoms with van der Waals surface area (Å²) >= 11 is 0. The van der Waals surface area contributed by atoms with E-state index in [2.05, 4.69) is 10.1 Å². The molecule has 2 aromatic rings. The van der Waals surface area contributed by atoms with Crippen LogP contribution in [0.1, 0.15) is 24.0 Å². The first-order chi connectivity index (χ1) is 18.0. The molecule has 1 fully saturated rings. The van der Waals surface area contributed by atoms with Crippen LogP contribution in [0.4, 0.5) is 13.2 Å². The number of amides is 2. The molecule has 8 nitrogen and oxygen atoms in total. The second-order valence-electron chi connectivity index (χ2n) is 9.93. The van der Waals surface area contributed by atoms with E-state index in [0.29, 0.717) is 56.2 Å². The number of nitrogens with zero attached hydrogens (tertiary/aromatic N) is 2. The van der Waals surface area contributed by atoms with E-state index in [0.717, 1.165) is 5.56 Å². The number of halogens is 3. The van der Waals surface area contributed by atoms with Gasteiger partial charge in [0.2, 0.25) is 11.8 Å². The van der Waals surface area contributed by atoms with E-state index in [9.17, 15) is 22.8 Å². The van der Waals surface area contributed by atoms with Crippen LogP contribution in [0.3, 0.4) is 0 Å². The molecule has 1 aliphatic carbocycles. The number of likely N-dealkylation sites (N-methyl/N-ethyl adjacent to an activating group) is 2. The van der Waals surface area contributed by atoms with Crippen LogP contribution < -0.4 is 19.5 Å². The van der Waals surface area contributed by atoms with Gasteiger partial charge in [0, 0.05) is 26.6 Å². The molecule has 1 atom stereocenters. The first-order valence-corrected chi connectivity index (χ1v) is 12.4. The molecule has 11 heteroatoms. The summed E-state index contributed by atoms with van der Waals surface area (Å²) in [4.78, 5) is 30.5. The van der Waals surface area contributed by atoms with E-state index in [1.54, 1.807) is 18.0 Å². The van der Waals surface area contributed by atoms with Gasteiger partial charge in [0.25, 0.3) is 0 Å². The Morgan fingerprint density at radius 2 is 1.66 bits per heavy atom. The summed E-state index contributed by atoms with van der Waals surface area (Å²) in [5.41, 5.74) is 0.480. The van der Waals surface area contributed by atoms with Gasteiger partial charge >= 0.3 is 6.36 Å². The van der Waals surface area contributed by atoms with Crippen LogP contribution in [-0.2, 0) is 21.4 Å². The Kier molecular flexibility index (Phi) is 8.05. The lowest BCUT2D eigenvalue weighted by Gasteiger charge is -2.28. The topological polar surface area (TPSA) is 80.3 Å². The number of benzene rings is 2. The van der Waals surface area contributed by atoms with Crippen LogP contribution in [-0.4, -0.2) is 81.5 Å². The number of fused-ring (bicyclic) bond motifs is 1. The number of alkyl halides is 3. The van der Waals surface area contributed by atoms with E-state index in [4.69, 9.17) is 9.47 Å². The summed E-state index contributed by atoms with van der Waals surface area (Å²) in [6, 6.07) is 9.92. The quantitative estimate of drug-likeness (QED) is 0.504. The van der Waals surface area contributed by atoms with Crippen LogP contribution >= 0.6 is 0 Å². The number of carbonyl (C=O) groups is 2. The molecule has 0 unspecified atom stereocenters. The highest BCUT2D eigenvalue weighted by Crippen LogP contribution is 2.49. The van der Waals surface area contributed by atoms with Crippen LogP contribution in [0.2, 0.25) is 0 Å². The van der Waals surface area contributed by atoms with Gasteiger partial charge in [-0.05, 0) is 62.3 Å². The van der Waals surface area contributed by atoms with Gasteiger partial charge in [-0.25, -0.2) is 0 Å². The fourth-order valence-corrected chi connectivity index (χ4v) is 4.42. The lowest BCUT2D eigenvalue weighted by molar-refractivity contribution is -0.274. The van der Waals surface area contributed by atoms with Gasteiger partial charge in [0.05, 0.1) is 5.41 Å². The molecule has 2 aromatic carbocycles. The van der Waals surface area contributed by atoms with Crippen molar-refractivity contribution in [3.05, 3.63) is 53.6 Å². The zero-order valence-corrected chi connectivity index (χ0v) is 21.6. The number of carbonyl (C=O) groups excluding carboxylic acids is 2. The van der Waals surface area contributed by atoms with Crippen LogP contribution in [0.15, 0.2) is 42.5 Å². The van der Waals surface area contributed by atoms with Crippen molar-refractivity contribution in [1.29, 1.82) is 0 Å². The third-order valence-electron chi connectivity index (χ3n) is 6.73. The Morgan fingerprint density at radius 3 is 2.26 bits per heavy atom. The lowest BCUT2D eigenvalue weighted by Crippen LogP contribution is -2.52. The number of rotatable bonds is 10. The largest absolute Gasteiger partial charge is 0.573 e. The minimum atomic E-state index is -4.80. The number of hydrogen-bond donors (Lipinski definition) is 1. The highest BCUT2D eigenvalue weighted by Gasteiger charge is 2.52. The summed E-state index contributed by atoms with van der Waals surface area (Å²) in [7, 11) is 5.52. The van der Waals surface area contributed by atoms with Crippen molar-refractivity contribution in [2.45, 2.75) is 37.1 Å². The number of hydrogen-bond acceptors (Lipinski definition) is 6. The highest BCUT2D eigenvalue weighted by molar-refractivity contribution is 5.95. The molecule has 0 bridgehead atoms. The summed E-state index contributed by atoms with van der Waals surface area (Å²) in [6.45, 7) is 2.03. The standard InChI is InChI=1S/C27H32F3N3O5/c1-32(2)12-13-33(3)24(34)21(16-18-4-9-22-23(17-18)37-15-14-36-22)31-25(35)26(10-11-26)19-5-7-20(8-6-19)38-27(28,29)30/h4-9,17,21H,10-16H2,1-3H3,(H,31,35)/t21-/m0/s1. The molecular formula is C27H32F3N3O5. The van der Waals surface area contributed by atoms with Crippen molar-refractivity contribution in [2.75, 3.05) is 47.4 Å². The van der Waals surface area contributed by atoms with Crippen molar-refractivity contribution in [1.82, 2.24) is 15.1 Å². The number of ether oxygens (including phenoxy) is 3. The second-order valence-corrected chi connectivity index (χ2v) is 9.93. The molecule has 1 N–H and O–H groups in total. The predicted molar refractivity (Wildman–Crippen MR) is 133 cm³/mol. The maximum absolute atomic E-state index is 13.5. The van der Waals surface area contributed by atoms with E-state index in [1.165, 1.54) is 24.3 Å². The monoisotopic (exact) mass is 535 g/mol. The summed E-state index contributed by atoms with van der Waals surface area (Å²) in [6.07, 6.45) is -3.50. The van der Waals surface area contributed by atoms with E-state index in [-0.39, 0.29) is 24.0 Å². The van der Waals surface area contributed by atoms with Crippen LogP contribution in [0.5, 0.6) is 17.2 Å². The third-order valence-corrected chi connectivity index (χ3v) is 6.73. The first-order valence-electron chi connectivity index (χ1n) is 12.4. The Hall–Kier alpha value is -3.47. The van der Waals surface area contributed by atoms with Crippen molar-refractivity contribution in [2.24, 2.45) is 0 Å². The fourth-order valence-electron chi connectivity index (χ4n) is 4.42. The van der Waals surface area contributed by atoms with Gasteiger partial charge in [0.15, 0.2) is 11.5 Å². The molecule has 2 aliphatic rings. The molecule has 1 aliphatic heterocycles. The first kappa shape index (κ1) is 27.6. The van der Waals surface area contributed by atoms with E-state index < -0.39 is 17.8 Å². The summed E-state index contributed by atoms with van der Waals surface area (Å²) in [5, 5.41) is 2.94. The second kappa shape index (κ2) is 11.1. The maximum atomic E-state index is 13.5. The molecule has 1 saturated carbocycles. The van der Waals surface area contributed by atoms with Crippen molar-refractivity contribution >= 4 is 11.8 Å². The van der Waals surface area contributed by atoms with Gasteiger partial charge in [-0.1, -0.05) is 18.2 Å². The SMILES string of the molecule is CN(C)CCN(C)C(=O)[C@H](Cc1ccc2c(c1)OCCO2)NC(=O)C1(c2ccc(OC(F)(F)F)cc2)CC1. The van der Waals surface area contributed by atoms with Crippen molar-refractivity contribution in [3.8, 4) is 17.2 Å². The summed E-state index contributed by atoms with van der Waals surface area (Å²) < 4.78 is 52.8. The van der Waals surface area contributed by atoms with E-state index in [1.807, 2.05) is 31.1 Å². The van der Waals surface area contributed by atoms with Crippen LogP contribution in [0.25, 0.3) is 0 Å². The molecule has 2 amide bonds. The van der Waals surface area contributed by atoms with Crippen molar-refractivity contribution in [3.63, 3.8) is 0 Å². The Labute approximate surface area is 219 Å². The molecule has 4 rings (SSSR count). The molecular weight excluding hydrogens is 503 g/mol. The smallest absolute Gasteiger partial charge is 0.486 e. The molecule has 0 aromatic heterocycles. The number of nitrogens with one attached hydrogen (secondary N) is 1. The minimum Gasteiger partial charge on any atom is -0.486 e. The molecule has 0 saturated heterocycles. The molecule has 0 radical (unpaired) electrons. The van der Waals surface area contributed by atoms with Crippen molar-refractivity contribution < 1.29 is 37.0 Å². The lowest BCUT2D eigenvalue weighted by atomic mass is 9.93. The summed E-state index contributed by atoms with van der Waals surface area (Å²) in [5.74, 6) is 0.294. The third kappa shape index (κ3) is 6.69. The molecule has 1 heterocycles. The minimum absolute atomic E-state index is 0.236. The average molecular weight is 536 g/mol. The highest BCUT2D eigenvalue weighted by atomic mass is 19.4. The Bertz CT molecular complexity index is 1150. The Morgan fingerprint density at radius 1 is 1.00 bits per heavy atom. The normalized spacial score (nSPS) is 16.5. The fraction of sp³-hybridized carbons (Fsp3) is 0.481. The van der Waals surface area contributed by atoms with Gasteiger partial charge in [-0.2, -0.15) is 0 Å². The average Bonchev–Trinajstić information content (AvgIpc) is 3.68. The predicted octanol–water partition coefficient (Wildman–Crippen LogP) is 3.14.